The summed E-state index contributed by atoms with van der Waals surface area (Å²) in [7, 11) is 0. The number of allylic oxidation sites excluding steroid dienone is 1. The Bertz CT molecular complexity index is 98.6. The van der Waals surface area contributed by atoms with E-state index in [0.717, 1.165) is 0 Å². The molecule has 0 rings (SSSR count). The van der Waals surface area contributed by atoms with Crippen molar-refractivity contribution in [3.8, 4) is 0 Å². The minimum atomic E-state index is 0.298. The van der Waals surface area contributed by atoms with Gasteiger partial charge >= 0.3 is 0 Å². The van der Waals surface area contributed by atoms with Crippen LogP contribution in [0.15, 0.2) is 12.7 Å². The van der Waals surface area contributed by atoms with E-state index in [4.69, 9.17) is 0 Å². The molecule has 0 amide bonds. The van der Waals surface area contributed by atoms with E-state index in [9.17, 15) is 0 Å². The summed E-state index contributed by atoms with van der Waals surface area (Å²) in [5.41, 5.74) is 0.298. The van der Waals surface area contributed by atoms with Crippen LogP contribution in [0.25, 0.3) is 0 Å². The van der Waals surface area contributed by atoms with E-state index in [1.54, 1.807) is 0 Å². The third-order valence-corrected chi connectivity index (χ3v) is 1.83. The van der Waals surface area contributed by atoms with E-state index >= 15 is 0 Å². The van der Waals surface area contributed by atoms with E-state index in [1.165, 1.54) is 12.8 Å². The number of hydrogen-bond donors (Lipinski definition) is 0. The minimum Gasteiger partial charge on any atom is -0.103 e. The lowest BCUT2D eigenvalue weighted by Crippen LogP contribution is -2.07. The average Bonchev–Trinajstić information content (AvgIpc) is 1.85. The molecule has 0 spiro atoms. The van der Waals surface area contributed by atoms with E-state index in [1.807, 2.05) is 6.08 Å². The van der Waals surface area contributed by atoms with Gasteiger partial charge in [0, 0.05) is 0 Å². The summed E-state index contributed by atoms with van der Waals surface area (Å²) in [5.74, 6) is 0.569. The molecule has 0 aromatic rings. The summed E-state index contributed by atoms with van der Waals surface area (Å²) < 4.78 is 0. The van der Waals surface area contributed by atoms with E-state index in [-0.39, 0.29) is 0 Å². The van der Waals surface area contributed by atoms with Crippen LogP contribution in [0.4, 0.5) is 0 Å². The second kappa shape index (κ2) is 3.80. The fourth-order valence-corrected chi connectivity index (χ4v) is 0.720. The van der Waals surface area contributed by atoms with Crippen molar-refractivity contribution >= 4 is 0 Å². The molecule has 0 heteroatoms. The van der Waals surface area contributed by atoms with Gasteiger partial charge < -0.3 is 0 Å². The molecule has 0 heterocycles. The van der Waals surface area contributed by atoms with Gasteiger partial charge in [0.1, 0.15) is 0 Å². The third kappa shape index (κ3) is 4.60. The predicted octanol–water partition coefficient (Wildman–Crippen LogP) is 3.45. The zero-order valence-corrected chi connectivity index (χ0v) is 7.48. The maximum absolute atomic E-state index is 3.94. The molecule has 0 aliphatic heterocycles. The summed E-state index contributed by atoms with van der Waals surface area (Å²) in [4.78, 5) is 0. The topological polar surface area (TPSA) is 0 Å². The molecule has 0 aromatic heterocycles. The second-order valence-corrected chi connectivity index (χ2v) is 3.84. The van der Waals surface area contributed by atoms with Crippen LogP contribution >= 0.6 is 0 Å². The zero-order valence-electron chi connectivity index (χ0n) is 7.48. The van der Waals surface area contributed by atoms with Crippen molar-refractivity contribution in [2.24, 2.45) is 11.3 Å². The highest BCUT2D eigenvalue weighted by molar-refractivity contribution is 4.87. The summed E-state index contributed by atoms with van der Waals surface area (Å²) >= 11 is 0. The maximum atomic E-state index is 3.94. The van der Waals surface area contributed by atoms with Crippen LogP contribution in [0.3, 0.4) is 0 Å². The Morgan fingerprint density at radius 3 is 2.30 bits per heavy atom. The first kappa shape index (κ1) is 9.74. The highest BCUT2D eigenvalue weighted by Crippen LogP contribution is 2.25. The van der Waals surface area contributed by atoms with Crippen LogP contribution in [-0.4, -0.2) is 0 Å². The van der Waals surface area contributed by atoms with Crippen molar-refractivity contribution in [2.45, 2.75) is 33.6 Å². The Hall–Kier alpha value is -0.260. The molecule has 0 fully saturated rings. The molecule has 1 unspecified atom stereocenters. The molecule has 0 bridgehead atoms. The van der Waals surface area contributed by atoms with Crippen LogP contribution in [0.2, 0.25) is 0 Å². The molecule has 0 aromatic carbocycles. The molecule has 59 valence electrons. The molecule has 1 radical (unpaired) electrons. The molecule has 0 aliphatic carbocycles. The summed E-state index contributed by atoms with van der Waals surface area (Å²) in [6, 6.07) is 0. The van der Waals surface area contributed by atoms with Crippen molar-refractivity contribution < 1.29 is 0 Å². The van der Waals surface area contributed by atoms with Gasteiger partial charge in [0.25, 0.3) is 0 Å². The van der Waals surface area contributed by atoms with Gasteiger partial charge in [0.2, 0.25) is 0 Å². The van der Waals surface area contributed by atoms with Crippen LogP contribution in [0.1, 0.15) is 33.6 Å². The summed E-state index contributed by atoms with van der Waals surface area (Å²) in [6.07, 6.45) is 4.41. The van der Waals surface area contributed by atoms with Gasteiger partial charge in [0.05, 0.1) is 0 Å². The summed E-state index contributed by atoms with van der Waals surface area (Å²) in [6.45, 7) is 14.3. The fourth-order valence-electron chi connectivity index (χ4n) is 0.720. The first-order valence-corrected chi connectivity index (χ1v) is 3.94. The lowest BCUT2D eigenvalue weighted by molar-refractivity contribution is 0.396. The Balaban J connectivity index is 3.56. The van der Waals surface area contributed by atoms with Crippen molar-refractivity contribution in [1.29, 1.82) is 0 Å². The van der Waals surface area contributed by atoms with Crippen molar-refractivity contribution in [2.75, 3.05) is 0 Å². The first-order valence-electron chi connectivity index (χ1n) is 3.94. The first-order chi connectivity index (χ1) is 4.48. The van der Waals surface area contributed by atoms with Gasteiger partial charge in [-0.2, -0.15) is 0 Å². The fraction of sp³-hybridized carbons (Fsp3) is 0.700. The quantitative estimate of drug-likeness (QED) is 0.523. The van der Waals surface area contributed by atoms with Gasteiger partial charge in [-0.1, -0.05) is 33.8 Å². The molecule has 0 saturated carbocycles. The van der Waals surface area contributed by atoms with Gasteiger partial charge in [-0.15, -0.1) is 6.58 Å². The third-order valence-electron chi connectivity index (χ3n) is 1.83. The van der Waals surface area contributed by atoms with E-state index in [2.05, 4.69) is 34.3 Å². The molecule has 0 aliphatic rings. The maximum Gasteiger partial charge on any atom is -0.0177 e. The summed E-state index contributed by atoms with van der Waals surface area (Å²) in [5, 5.41) is 0. The SMILES string of the molecule is [CH2]C(C)CCC(C)(C)C=C. The van der Waals surface area contributed by atoms with Crippen molar-refractivity contribution in [3.05, 3.63) is 19.6 Å². The van der Waals surface area contributed by atoms with Gasteiger partial charge in [-0.05, 0) is 24.2 Å². The molecular weight excluding hydrogens is 120 g/mol. The van der Waals surface area contributed by atoms with Gasteiger partial charge in [0.15, 0.2) is 0 Å². The molecule has 1 atom stereocenters. The van der Waals surface area contributed by atoms with Gasteiger partial charge in [-0.3, -0.25) is 0 Å². The van der Waals surface area contributed by atoms with Crippen LogP contribution in [0, 0.1) is 18.3 Å². The molecule has 0 N–H and O–H groups in total. The molecule has 0 nitrogen and oxygen atoms in total. The smallest absolute Gasteiger partial charge is 0.0177 e. The Kier molecular flexibility index (Phi) is 3.70. The lowest BCUT2D eigenvalue weighted by Gasteiger charge is -2.20. The van der Waals surface area contributed by atoms with Crippen LogP contribution < -0.4 is 0 Å². The van der Waals surface area contributed by atoms with Gasteiger partial charge in [-0.25, -0.2) is 0 Å². The predicted molar refractivity (Wildman–Crippen MR) is 47.7 cm³/mol. The highest BCUT2D eigenvalue weighted by Gasteiger charge is 2.12. The average molecular weight is 139 g/mol. The Morgan fingerprint density at radius 2 is 2.00 bits per heavy atom. The zero-order chi connectivity index (χ0) is 8.20. The Morgan fingerprint density at radius 1 is 1.50 bits per heavy atom. The largest absolute Gasteiger partial charge is 0.103 e. The normalized spacial score (nSPS) is 12.1. The Labute approximate surface area is 65.3 Å². The molecule has 0 saturated heterocycles. The van der Waals surface area contributed by atoms with Crippen molar-refractivity contribution in [1.82, 2.24) is 0 Å². The minimum absolute atomic E-state index is 0.298. The van der Waals surface area contributed by atoms with Crippen molar-refractivity contribution in [3.63, 3.8) is 0 Å². The second-order valence-electron chi connectivity index (χ2n) is 3.84. The molecular formula is C10H19. The van der Waals surface area contributed by atoms with Crippen LogP contribution in [0.5, 0.6) is 0 Å². The standard InChI is InChI=1S/C10H19/c1-6-10(4,5)8-7-9(2)3/h6,9H,1-2,7-8H2,3-5H3. The highest BCUT2D eigenvalue weighted by atomic mass is 14.2. The van der Waals surface area contributed by atoms with E-state index in [0.29, 0.717) is 11.3 Å². The molecule has 10 heavy (non-hydrogen) atoms. The lowest BCUT2D eigenvalue weighted by atomic mass is 9.86. The van der Waals surface area contributed by atoms with Crippen LogP contribution in [-0.2, 0) is 0 Å². The number of rotatable bonds is 4. The number of hydrogen-bond acceptors (Lipinski definition) is 0. The van der Waals surface area contributed by atoms with E-state index < -0.39 is 0 Å². The monoisotopic (exact) mass is 139 g/mol.